The minimum absolute atomic E-state index is 0.0919. The van der Waals surface area contributed by atoms with E-state index in [4.69, 9.17) is 5.10 Å². The van der Waals surface area contributed by atoms with E-state index in [2.05, 4.69) is 20.8 Å². The smallest absolute Gasteiger partial charge is 0.339 e. The SMILES string of the molecule is CC(C)(C)C1Cn2nc(-c3ccc(F)cc3)c(-c3ccc(F)cc3)c2-c2cc(O)c(C(=O)O)cc21. The molecule has 0 radical (unpaired) electrons. The highest BCUT2D eigenvalue weighted by Crippen LogP contribution is 2.51. The first-order valence-corrected chi connectivity index (χ1v) is 11.3. The highest BCUT2D eigenvalue weighted by Gasteiger charge is 2.37. The Morgan fingerprint density at radius 2 is 1.54 bits per heavy atom. The Balaban J connectivity index is 1.86. The summed E-state index contributed by atoms with van der Waals surface area (Å²) in [5, 5.41) is 25.1. The maximum Gasteiger partial charge on any atom is 0.339 e. The van der Waals surface area contributed by atoms with Crippen molar-refractivity contribution in [3.05, 3.63) is 83.4 Å². The van der Waals surface area contributed by atoms with Crippen LogP contribution >= 0.6 is 0 Å². The number of carbonyl (C=O) groups is 1. The van der Waals surface area contributed by atoms with E-state index in [0.717, 1.165) is 5.56 Å². The zero-order chi connectivity index (χ0) is 25.1. The fourth-order valence-corrected chi connectivity index (χ4v) is 4.85. The molecule has 1 aliphatic heterocycles. The minimum atomic E-state index is -1.21. The zero-order valence-electron chi connectivity index (χ0n) is 19.5. The van der Waals surface area contributed by atoms with Gasteiger partial charge in [0.05, 0.1) is 5.69 Å². The van der Waals surface area contributed by atoms with Gasteiger partial charge in [0.25, 0.3) is 0 Å². The van der Waals surface area contributed by atoms with Gasteiger partial charge in [-0.25, -0.2) is 13.6 Å². The molecule has 0 aliphatic carbocycles. The summed E-state index contributed by atoms with van der Waals surface area (Å²) in [6, 6.07) is 15.1. The predicted octanol–water partition coefficient (Wildman–Crippen LogP) is 6.71. The van der Waals surface area contributed by atoms with Gasteiger partial charge in [-0.15, -0.1) is 0 Å². The molecule has 1 atom stereocenters. The van der Waals surface area contributed by atoms with Crippen molar-refractivity contribution < 1.29 is 23.8 Å². The third kappa shape index (κ3) is 3.87. The van der Waals surface area contributed by atoms with Crippen LogP contribution < -0.4 is 0 Å². The number of aromatic hydroxyl groups is 1. The van der Waals surface area contributed by atoms with E-state index < -0.39 is 5.97 Å². The van der Waals surface area contributed by atoms with E-state index in [1.165, 1.54) is 30.3 Å². The summed E-state index contributed by atoms with van der Waals surface area (Å²) in [5.74, 6) is -2.39. The van der Waals surface area contributed by atoms with Crippen molar-refractivity contribution >= 4 is 5.97 Å². The van der Waals surface area contributed by atoms with E-state index in [9.17, 15) is 23.8 Å². The number of aromatic carboxylic acids is 1. The fraction of sp³-hybridized carbons (Fsp3) is 0.214. The predicted molar refractivity (Wildman–Crippen MR) is 129 cm³/mol. The molecule has 0 saturated carbocycles. The highest BCUT2D eigenvalue weighted by atomic mass is 19.1. The molecule has 7 heteroatoms. The Morgan fingerprint density at radius 1 is 0.971 bits per heavy atom. The number of fused-ring (bicyclic) bond motifs is 3. The van der Waals surface area contributed by atoms with Crippen molar-refractivity contribution in [1.82, 2.24) is 9.78 Å². The standard InChI is InChI=1S/C28H24F2N2O3/c1-28(2,3)22-14-32-26(20-13-23(33)21(27(34)35)12-19(20)22)24(15-4-8-17(29)9-5-15)25(31-32)16-6-10-18(30)11-7-16/h4-13,22,33H,14H2,1-3H3,(H,34,35). The van der Waals surface area contributed by atoms with Gasteiger partial charge in [-0.2, -0.15) is 5.10 Å². The van der Waals surface area contributed by atoms with E-state index >= 15 is 0 Å². The molecule has 0 saturated heterocycles. The molecule has 2 heterocycles. The van der Waals surface area contributed by atoms with Crippen molar-refractivity contribution in [3.63, 3.8) is 0 Å². The van der Waals surface area contributed by atoms with Crippen LogP contribution in [0.5, 0.6) is 5.75 Å². The quantitative estimate of drug-likeness (QED) is 0.346. The maximum absolute atomic E-state index is 13.8. The van der Waals surface area contributed by atoms with Gasteiger partial charge in [0, 0.05) is 29.2 Å². The molecule has 0 spiro atoms. The third-order valence-corrected chi connectivity index (χ3v) is 6.63. The highest BCUT2D eigenvalue weighted by molar-refractivity contribution is 5.96. The van der Waals surface area contributed by atoms with Crippen LogP contribution in [0.2, 0.25) is 0 Å². The lowest BCUT2D eigenvalue weighted by Crippen LogP contribution is -2.28. The molecule has 2 N–H and O–H groups in total. The van der Waals surface area contributed by atoms with Gasteiger partial charge in [-0.3, -0.25) is 4.68 Å². The van der Waals surface area contributed by atoms with Crippen LogP contribution in [0.4, 0.5) is 8.78 Å². The van der Waals surface area contributed by atoms with Gasteiger partial charge in [0.2, 0.25) is 0 Å². The second kappa shape index (κ2) is 8.05. The van der Waals surface area contributed by atoms with Crippen molar-refractivity contribution in [2.24, 2.45) is 5.41 Å². The molecule has 1 unspecified atom stereocenters. The number of phenols is 1. The van der Waals surface area contributed by atoms with E-state index in [-0.39, 0.29) is 34.3 Å². The Labute approximate surface area is 201 Å². The first-order chi connectivity index (χ1) is 16.5. The van der Waals surface area contributed by atoms with Crippen LogP contribution in [0.15, 0.2) is 60.7 Å². The summed E-state index contributed by atoms with van der Waals surface area (Å²) in [6.07, 6.45) is 0. The number of halogens is 2. The number of nitrogens with zero attached hydrogens (tertiary/aromatic N) is 2. The van der Waals surface area contributed by atoms with Crippen LogP contribution in [0, 0.1) is 17.0 Å². The maximum atomic E-state index is 13.8. The molecule has 35 heavy (non-hydrogen) atoms. The molecule has 0 amide bonds. The number of rotatable bonds is 3. The van der Waals surface area contributed by atoms with Crippen LogP contribution in [0.3, 0.4) is 0 Å². The zero-order valence-corrected chi connectivity index (χ0v) is 19.5. The Bertz CT molecular complexity index is 1450. The second-order valence-electron chi connectivity index (χ2n) is 9.95. The number of carboxylic acid groups (broad SMARTS) is 1. The fourth-order valence-electron chi connectivity index (χ4n) is 4.85. The molecule has 5 nitrogen and oxygen atoms in total. The molecule has 5 rings (SSSR count). The molecule has 3 aromatic carbocycles. The monoisotopic (exact) mass is 474 g/mol. The van der Waals surface area contributed by atoms with E-state index in [1.807, 2.05) is 4.68 Å². The number of hydrogen-bond donors (Lipinski definition) is 2. The third-order valence-electron chi connectivity index (χ3n) is 6.63. The van der Waals surface area contributed by atoms with Crippen molar-refractivity contribution in [2.75, 3.05) is 0 Å². The summed E-state index contributed by atoms with van der Waals surface area (Å²) in [5.41, 5.74) is 4.44. The Hall–Kier alpha value is -4.00. The lowest BCUT2D eigenvalue weighted by atomic mass is 9.72. The van der Waals surface area contributed by atoms with E-state index in [0.29, 0.717) is 40.2 Å². The van der Waals surface area contributed by atoms with Gasteiger partial charge in [0.15, 0.2) is 0 Å². The normalized spacial score (nSPS) is 14.9. The van der Waals surface area contributed by atoms with Crippen LogP contribution in [-0.4, -0.2) is 26.0 Å². The van der Waals surface area contributed by atoms with Gasteiger partial charge in [0.1, 0.15) is 28.6 Å². The van der Waals surface area contributed by atoms with E-state index in [1.54, 1.807) is 30.3 Å². The molecule has 4 aromatic rings. The number of aromatic nitrogens is 2. The topological polar surface area (TPSA) is 75.3 Å². The molecular weight excluding hydrogens is 450 g/mol. The number of benzene rings is 3. The van der Waals surface area contributed by atoms with Gasteiger partial charge >= 0.3 is 5.97 Å². The van der Waals surface area contributed by atoms with Crippen molar-refractivity contribution in [1.29, 1.82) is 0 Å². The summed E-state index contributed by atoms with van der Waals surface area (Å²) >= 11 is 0. The lowest BCUT2D eigenvalue weighted by Gasteiger charge is -2.36. The van der Waals surface area contributed by atoms with Gasteiger partial charge in [-0.05, 0) is 65.1 Å². The molecule has 1 aromatic heterocycles. The molecular formula is C28H24F2N2O3. The van der Waals surface area contributed by atoms with Crippen LogP contribution in [-0.2, 0) is 6.54 Å². The first-order valence-electron chi connectivity index (χ1n) is 11.3. The van der Waals surface area contributed by atoms with Gasteiger partial charge in [-0.1, -0.05) is 32.9 Å². The number of hydrogen-bond acceptors (Lipinski definition) is 3. The molecule has 178 valence electrons. The Kier molecular flexibility index (Phi) is 5.24. The number of carboxylic acids is 1. The summed E-state index contributed by atoms with van der Waals surface area (Å²) in [6.45, 7) is 6.70. The summed E-state index contributed by atoms with van der Waals surface area (Å²) in [4.78, 5) is 11.8. The van der Waals surface area contributed by atoms with Crippen LogP contribution in [0.25, 0.3) is 33.6 Å². The van der Waals surface area contributed by atoms with Crippen LogP contribution in [0.1, 0.15) is 42.6 Å². The summed E-state index contributed by atoms with van der Waals surface area (Å²) < 4.78 is 29.3. The average Bonchev–Trinajstić information content (AvgIpc) is 3.18. The first kappa shape index (κ1) is 22.8. The minimum Gasteiger partial charge on any atom is -0.507 e. The lowest BCUT2D eigenvalue weighted by molar-refractivity contribution is 0.0693. The average molecular weight is 475 g/mol. The van der Waals surface area contributed by atoms with Crippen molar-refractivity contribution in [2.45, 2.75) is 33.2 Å². The Morgan fingerprint density at radius 3 is 2.09 bits per heavy atom. The molecule has 0 fully saturated rings. The second-order valence-corrected chi connectivity index (χ2v) is 9.95. The molecule has 0 bridgehead atoms. The summed E-state index contributed by atoms with van der Waals surface area (Å²) in [7, 11) is 0. The van der Waals surface area contributed by atoms with Crippen molar-refractivity contribution in [3.8, 4) is 39.4 Å². The largest absolute Gasteiger partial charge is 0.507 e. The molecule has 1 aliphatic rings. The van der Waals surface area contributed by atoms with Gasteiger partial charge < -0.3 is 10.2 Å².